The van der Waals surface area contributed by atoms with Crippen LogP contribution in [0, 0.1) is 0 Å². The van der Waals surface area contributed by atoms with E-state index in [1.807, 2.05) is 23.6 Å². The summed E-state index contributed by atoms with van der Waals surface area (Å²) in [6, 6.07) is 12.4. The number of rotatable bonds is 3. The first-order valence-electron chi connectivity index (χ1n) is 7.07. The Hall–Kier alpha value is -2.70. The second-order valence-corrected chi connectivity index (χ2v) is 6.29. The van der Waals surface area contributed by atoms with Gasteiger partial charge in [0.05, 0.1) is 10.5 Å². The Morgan fingerprint density at radius 1 is 1.17 bits per heavy atom. The van der Waals surface area contributed by atoms with Crippen LogP contribution in [0.4, 0.5) is 0 Å². The Morgan fingerprint density at radius 3 is 2.92 bits per heavy atom. The second-order valence-electron chi connectivity index (χ2n) is 4.96. The fraction of sp³-hybridized carbons (Fsp3) is 0. The monoisotopic (exact) mass is 355 g/mol. The number of para-hydroxylation sites is 1. The summed E-state index contributed by atoms with van der Waals surface area (Å²) in [5.74, 6) is 1.35. The highest BCUT2D eigenvalue weighted by molar-refractivity contribution is 7.17. The molecule has 0 unspecified atom stereocenters. The minimum atomic E-state index is -0.157. The van der Waals surface area contributed by atoms with Crippen LogP contribution in [0.15, 0.2) is 58.8 Å². The summed E-state index contributed by atoms with van der Waals surface area (Å²) >= 11 is 7.46. The summed E-state index contributed by atoms with van der Waals surface area (Å²) in [7, 11) is 0. The van der Waals surface area contributed by atoms with Gasteiger partial charge in [-0.25, -0.2) is 9.97 Å². The molecular weight excluding hydrogens is 346 g/mol. The van der Waals surface area contributed by atoms with Gasteiger partial charge in [0, 0.05) is 17.8 Å². The van der Waals surface area contributed by atoms with E-state index >= 15 is 0 Å². The Labute approximate surface area is 145 Å². The molecular formula is C17H10ClN3O2S. The Morgan fingerprint density at radius 2 is 2.04 bits per heavy atom. The van der Waals surface area contributed by atoms with Gasteiger partial charge in [-0.05, 0) is 29.6 Å². The molecule has 0 atom stereocenters. The molecule has 0 spiro atoms. The third-order valence-corrected chi connectivity index (χ3v) is 4.59. The summed E-state index contributed by atoms with van der Waals surface area (Å²) in [4.78, 5) is 23.5. The molecule has 7 heteroatoms. The van der Waals surface area contributed by atoms with Gasteiger partial charge in [0.15, 0.2) is 0 Å². The van der Waals surface area contributed by atoms with Crippen molar-refractivity contribution < 1.29 is 4.74 Å². The Bertz CT molecular complexity index is 1090. The van der Waals surface area contributed by atoms with E-state index in [0.29, 0.717) is 38.3 Å². The van der Waals surface area contributed by atoms with Crippen LogP contribution in [0.3, 0.4) is 0 Å². The van der Waals surface area contributed by atoms with Crippen LogP contribution < -0.4 is 10.3 Å². The van der Waals surface area contributed by atoms with Gasteiger partial charge in [0.25, 0.3) is 5.56 Å². The van der Waals surface area contributed by atoms with Crippen LogP contribution in [-0.2, 0) is 0 Å². The number of hydrogen-bond donors (Lipinski definition) is 1. The third-order valence-electron chi connectivity index (χ3n) is 3.37. The lowest BCUT2D eigenvalue weighted by atomic mass is 10.2. The lowest BCUT2D eigenvalue weighted by molar-refractivity contribution is 0.463. The molecule has 0 aliphatic rings. The summed E-state index contributed by atoms with van der Waals surface area (Å²) in [6.07, 6.45) is 1.60. The van der Waals surface area contributed by atoms with Crippen molar-refractivity contribution in [3.05, 3.63) is 69.4 Å². The zero-order valence-corrected chi connectivity index (χ0v) is 13.8. The number of H-pyrrole nitrogens is 1. The van der Waals surface area contributed by atoms with E-state index in [2.05, 4.69) is 15.0 Å². The number of nitrogens with zero attached hydrogens (tertiary/aromatic N) is 2. The molecule has 4 aromatic rings. The maximum atomic E-state index is 12.1. The molecule has 3 aromatic heterocycles. The number of benzene rings is 1. The fourth-order valence-electron chi connectivity index (χ4n) is 2.26. The molecule has 0 amide bonds. The summed E-state index contributed by atoms with van der Waals surface area (Å²) in [5.41, 5.74) is 1.22. The van der Waals surface area contributed by atoms with E-state index in [-0.39, 0.29) is 5.56 Å². The van der Waals surface area contributed by atoms with Crippen LogP contribution in [-0.4, -0.2) is 15.0 Å². The molecule has 1 N–H and O–H groups in total. The van der Waals surface area contributed by atoms with Crippen molar-refractivity contribution in [3.8, 4) is 23.0 Å². The van der Waals surface area contributed by atoms with Crippen LogP contribution >= 0.6 is 22.9 Å². The van der Waals surface area contributed by atoms with Gasteiger partial charge in [-0.1, -0.05) is 23.7 Å². The van der Waals surface area contributed by atoms with Crippen molar-refractivity contribution in [1.29, 1.82) is 0 Å². The molecule has 0 bridgehead atoms. The van der Waals surface area contributed by atoms with Gasteiger partial charge in [-0.3, -0.25) is 4.79 Å². The Kier molecular flexibility index (Phi) is 3.76. The number of fused-ring (bicyclic) bond motifs is 1. The van der Waals surface area contributed by atoms with Crippen molar-refractivity contribution in [2.75, 3.05) is 0 Å². The van der Waals surface area contributed by atoms with E-state index in [4.69, 9.17) is 16.3 Å². The summed E-state index contributed by atoms with van der Waals surface area (Å²) in [5, 5.41) is 2.34. The van der Waals surface area contributed by atoms with Gasteiger partial charge in [-0.2, -0.15) is 0 Å². The molecule has 0 radical (unpaired) electrons. The largest absolute Gasteiger partial charge is 0.437 e. The molecule has 0 saturated heterocycles. The number of nitrogens with one attached hydrogen (secondary N) is 1. The van der Waals surface area contributed by atoms with Crippen LogP contribution in [0.2, 0.25) is 5.02 Å². The number of halogens is 1. The normalized spacial score (nSPS) is 10.9. The molecule has 1 aromatic carbocycles. The average Bonchev–Trinajstić information content (AvgIpc) is 3.06. The zero-order valence-electron chi connectivity index (χ0n) is 12.2. The third kappa shape index (κ3) is 2.77. The highest BCUT2D eigenvalue weighted by Crippen LogP contribution is 2.29. The fourth-order valence-corrected chi connectivity index (χ4v) is 3.16. The minimum absolute atomic E-state index is 0.157. The lowest BCUT2D eigenvalue weighted by Crippen LogP contribution is -2.07. The van der Waals surface area contributed by atoms with Crippen molar-refractivity contribution in [3.63, 3.8) is 0 Å². The quantitative estimate of drug-likeness (QED) is 0.587. The van der Waals surface area contributed by atoms with E-state index in [0.717, 1.165) is 0 Å². The predicted octanol–water partition coefficient (Wildman–Crippen LogP) is 4.49. The van der Waals surface area contributed by atoms with Gasteiger partial charge < -0.3 is 9.72 Å². The van der Waals surface area contributed by atoms with Crippen molar-refractivity contribution in [1.82, 2.24) is 15.0 Å². The van der Waals surface area contributed by atoms with Crippen molar-refractivity contribution in [2.24, 2.45) is 0 Å². The van der Waals surface area contributed by atoms with Gasteiger partial charge >= 0.3 is 0 Å². The topological polar surface area (TPSA) is 67.9 Å². The number of hydrogen-bond acceptors (Lipinski definition) is 5. The maximum Gasteiger partial charge on any atom is 0.269 e. The number of aromatic amines is 1. The smallest absolute Gasteiger partial charge is 0.269 e. The average molecular weight is 356 g/mol. The molecule has 0 aliphatic heterocycles. The van der Waals surface area contributed by atoms with Crippen molar-refractivity contribution in [2.45, 2.75) is 0 Å². The lowest BCUT2D eigenvalue weighted by Gasteiger charge is -2.07. The molecule has 0 aliphatic carbocycles. The molecule has 4 rings (SSSR count). The predicted molar refractivity (Wildman–Crippen MR) is 95.0 cm³/mol. The van der Waals surface area contributed by atoms with E-state index in [1.54, 1.807) is 30.5 Å². The summed E-state index contributed by atoms with van der Waals surface area (Å²) in [6.45, 7) is 0. The highest BCUT2D eigenvalue weighted by atomic mass is 35.5. The van der Waals surface area contributed by atoms with E-state index in [1.165, 1.54) is 11.3 Å². The number of pyridine rings is 1. The summed E-state index contributed by atoms with van der Waals surface area (Å²) < 4.78 is 6.32. The van der Waals surface area contributed by atoms with Gasteiger partial charge in [0.1, 0.15) is 16.3 Å². The Balaban J connectivity index is 1.74. The minimum Gasteiger partial charge on any atom is -0.437 e. The standard InChI is InChI=1S/C17H10ClN3O2S/c18-11-3-1-2-4-13(11)23-14-9-10(5-7-19-14)16-20-12-6-8-24-15(12)17(22)21-16/h1-9H,(H,20,21,22). The van der Waals surface area contributed by atoms with Gasteiger partial charge in [0.2, 0.25) is 5.88 Å². The molecule has 5 nitrogen and oxygen atoms in total. The SMILES string of the molecule is O=c1[nH]c(-c2ccnc(Oc3ccccc3Cl)c2)nc2ccsc12. The first-order chi connectivity index (χ1) is 11.7. The second kappa shape index (κ2) is 6.07. The molecule has 3 heterocycles. The zero-order chi connectivity index (χ0) is 16.5. The molecule has 118 valence electrons. The maximum absolute atomic E-state index is 12.1. The molecule has 24 heavy (non-hydrogen) atoms. The molecule has 0 saturated carbocycles. The first-order valence-corrected chi connectivity index (χ1v) is 8.33. The van der Waals surface area contributed by atoms with Gasteiger partial charge in [-0.15, -0.1) is 11.3 Å². The van der Waals surface area contributed by atoms with E-state index in [9.17, 15) is 4.79 Å². The van der Waals surface area contributed by atoms with Crippen LogP contribution in [0.25, 0.3) is 21.6 Å². The van der Waals surface area contributed by atoms with Crippen molar-refractivity contribution >= 4 is 33.2 Å². The number of aromatic nitrogens is 3. The van der Waals surface area contributed by atoms with E-state index < -0.39 is 0 Å². The van der Waals surface area contributed by atoms with Crippen LogP contribution in [0.5, 0.6) is 11.6 Å². The number of ether oxygens (including phenoxy) is 1. The highest BCUT2D eigenvalue weighted by Gasteiger charge is 2.09. The molecule has 0 fully saturated rings. The van der Waals surface area contributed by atoms with Crippen LogP contribution in [0.1, 0.15) is 0 Å². The first kappa shape index (κ1) is 14.9. The number of thiophene rings is 1.